The number of allylic oxidation sites excluding steroid dienone is 2. The van der Waals surface area contributed by atoms with Gasteiger partial charge in [-0.3, -0.25) is 10.2 Å². The van der Waals surface area contributed by atoms with Crippen molar-refractivity contribution in [3.05, 3.63) is 29.4 Å². The Bertz CT molecular complexity index is 610. The van der Waals surface area contributed by atoms with Gasteiger partial charge in [0.1, 0.15) is 17.3 Å². The summed E-state index contributed by atoms with van der Waals surface area (Å²) in [6, 6.07) is 1.32. The van der Waals surface area contributed by atoms with Crippen LogP contribution in [0.4, 0.5) is 0 Å². The van der Waals surface area contributed by atoms with Crippen molar-refractivity contribution in [2.75, 3.05) is 0 Å². The van der Waals surface area contributed by atoms with Crippen LogP contribution in [0, 0.1) is 11.3 Å². The average molecular weight is 303 g/mol. The number of hydrogen-bond donors (Lipinski definition) is 3. The molecule has 0 spiro atoms. The van der Waals surface area contributed by atoms with Gasteiger partial charge in [0, 0.05) is 24.3 Å². The minimum absolute atomic E-state index is 0.0245. The molecule has 0 aliphatic heterocycles. The summed E-state index contributed by atoms with van der Waals surface area (Å²) in [5.41, 5.74) is 0.363. The maximum Gasteiger partial charge on any atom is 0.214 e. The van der Waals surface area contributed by atoms with Crippen LogP contribution in [0.1, 0.15) is 51.3 Å². The summed E-state index contributed by atoms with van der Waals surface area (Å²) in [5, 5.41) is 28.2. The van der Waals surface area contributed by atoms with Crippen molar-refractivity contribution in [2.45, 2.75) is 45.4 Å². The van der Waals surface area contributed by atoms with Gasteiger partial charge < -0.3 is 10.2 Å². The zero-order valence-electron chi connectivity index (χ0n) is 12.7. The van der Waals surface area contributed by atoms with Crippen LogP contribution in [0.2, 0.25) is 0 Å². The Hall–Kier alpha value is -2.24. The maximum atomic E-state index is 12.0. The topological polar surface area (TPSA) is 107 Å². The lowest BCUT2D eigenvalue weighted by atomic mass is 9.83. The molecule has 1 fully saturated rings. The summed E-state index contributed by atoms with van der Waals surface area (Å²) >= 11 is 0. The van der Waals surface area contributed by atoms with Gasteiger partial charge in [-0.25, -0.2) is 4.98 Å². The molecule has 0 radical (unpaired) electrons. The second kappa shape index (κ2) is 7.15. The first-order valence-electron chi connectivity index (χ1n) is 7.60. The first-order chi connectivity index (χ1) is 10.5. The van der Waals surface area contributed by atoms with E-state index in [4.69, 9.17) is 5.41 Å². The monoisotopic (exact) mass is 303 g/mol. The van der Waals surface area contributed by atoms with E-state index in [1.165, 1.54) is 12.3 Å². The SMILES string of the molecule is CCC/C(C(=N)c1nccc(O)n1)=C(/O)[C@H]1CCCCC1=O. The van der Waals surface area contributed by atoms with E-state index in [1.807, 2.05) is 6.92 Å². The molecule has 1 heterocycles. The third kappa shape index (κ3) is 3.50. The molecule has 2 rings (SSSR count). The Balaban J connectivity index is 2.37. The molecule has 6 nitrogen and oxygen atoms in total. The second-order valence-electron chi connectivity index (χ2n) is 5.49. The summed E-state index contributed by atoms with van der Waals surface area (Å²) in [7, 11) is 0. The van der Waals surface area contributed by atoms with Gasteiger partial charge in [0.05, 0.1) is 5.92 Å². The van der Waals surface area contributed by atoms with Crippen LogP contribution in [0.25, 0.3) is 0 Å². The number of carbonyl (C=O) groups excluding carboxylic acids is 1. The summed E-state index contributed by atoms with van der Waals surface area (Å²) in [4.78, 5) is 19.8. The molecule has 0 amide bonds. The lowest BCUT2D eigenvalue weighted by molar-refractivity contribution is -0.124. The number of hydrogen-bond acceptors (Lipinski definition) is 6. The van der Waals surface area contributed by atoms with E-state index in [0.717, 1.165) is 19.3 Å². The quantitative estimate of drug-likeness (QED) is 0.572. The predicted octanol–water partition coefficient (Wildman–Crippen LogP) is 2.92. The number of nitrogens with one attached hydrogen (secondary N) is 1. The lowest BCUT2D eigenvalue weighted by Crippen LogP contribution is -2.24. The number of aliphatic hydroxyl groups excluding tert-OH is 1. The van der Waals surface area contributed by atoms with Crippen LogP contribution in [0.15, 0.2) is 23.6 Å². The third-order valence-electron chi connectivity index (χ3n) is 3.86. The molecule has 0 aromatic carbocycles. The largest absolute Gasteiger partial charge is 0.511 e. The Morgan fingerprint density at radius 1 is 1.45 bits per heavy atom. The summed E-state index contributed by atoms with van der Waals surface area (Å²) in [5.74, 6) is -0.685. The molecule has 1 aliphatic rings. The molecule has 0 saturated heterocycles. The van der Waals surface area contributed by atoms with Gasteiger partial charge in [-0.2, -0.15) is 4.98 Å². The lowest BCUT2D eigenvalue weighted by Gasteiger charge is -2.22. The minimum Gasteiger partial charge on any atom is -0.511 e. The zero-order chi connectivity index (χ0) is 16.1. The standard InChI is InChI=1S/C16H21N3O3/c1-2-5-11(14(17)16-18-9-8-13(21)19-16)15(22)10-6-3-4-7-12(10)20/h8-10,17,22H,2-7H2,1H3,(H,18,19,21)/b15-11-,17-14?/t10-/m0/s1. The molecule has 6 heteroatoms. The van der Waals surface area contributed by atoms with Crippen molar-refractivity contribution in [3.63, 3.8) is 0 Å². The van der Waals surface area contributed by atoms with Crippen molar-refractivity contribution >= 4 is 11.5 Å². The van der Waals surface area contributed by atoms with Crippen molar-refractivity contribution < 1.29 is 15.0 Å². The number of nitrogens with zero attached hydrogens (tertiary/aromatic N) is 2. The first-order valence-corrected chi connectivity index (χ1v) is 7.60. The van der Waals surface area contributed by atoms with Crippen LogP contribution in [-0.4, -0.2) is 31.7 Å². The van der Waals surface area contributed by atoms with Gasteiger partial charge in [-0.1, -0.05) is 19.8 Å². The number of rotatable bonds is 5. The highest BCUT2D eigenvalue weighted by atomic mass is 16.3. The molecule has 1 aromatic rings. The molecule has 1 aliphatic carbocycles. The Morgan fingerprint density at radius 3 is 2.86 bits per heavy atom. The summed E-state index contributed by atoms with van der Waals surface area (Å²) < 4.78 is 0. The fourth-order valence-electron chi connectivity index (χ4n) is 2.72. The van der Waals surface area contributed by atoms with Gasteiger partial charge in [0.15, 0.2) is 5.82 Å². The molecular formula is C16H21N3O3. The molecular weight excluding hydrogens is 282 g/mol. The predicted molar refractivity (Wildman–Crippen MR) is 82.1 cm³/mol. The number of aromatic hydroxyl groups is 1. The van der Waals surface area contributed by atoms with E-state index in [0.29, 0.717) is 24.8 Å². The third-order valence-corrected chi connectivity index (χ3v) is 3.86. The second-order valence-corrected chi connectivity index (χ2v) is 5.49. The fourth-order valence-corrected chi connectivity index (χ4v) is 2.72. The van der Waals surface area contributed by atoms with Crippen molar-refractivity contribution in [2.24, 2.45) is 5.92 Å². The number of carbonyl (C=O) groups is 1. The van der Waals surface area contributed by atoms with E-state index in [-0.39, 0.29) is 29.0 Å². The number of Topliss-reactive ketones (excluding diaryl/α,β-unsaturated/α-hetero) is 1. The molecule has 1 aromatic heterocycles. The van der Waals surface area contributed by atoms with E-state index in [2.05, 4.69) is 9.97 Å². The normalized spacial score (nSPS) is 19.7. The Morgan fingerprint density at radius 2 is 2.23 bits per heavy atom. The van der Waals surface area contributed by atoms with Crippen LogP contribution < -0.4 is 0 Å². The van der Waals surface area contributed by atoms with Gasteiger partial charge in [0.2, 0.25) is 5.88 Å². The van der Waals surface area contributed by atoms with Gasteiger partial charge in [0.25, 0.3) is 0 Å². The van der Waals surface area contributed by atoms with Crippen LogP contribution in [0.3, 0.4) is 0 Å². The maximum absolute atomic E-state index is 12.0. The van der Waals surface area contributed by atoms with E-state index < -0.39 is 5.92 Å². The Labute approximate surface area is 129 Å². The summed E-state index contributed by atoms with van der Waals surface area (Å²) in [6.45, 7) is 1.94. The molecule has 22 heavy (non-hydrogen) atoms. The van der Waals surface area contributed by atoms with E-state index in [9.17, 15) is 15.0 Å². The van der Waals surface area contributed by atoms with Crippen molar-refractivity contribution in [1.29, 1.82) is 5.41 Å². The van der Waals surface area contributed by atoms with Crippen molar-refractivity contribution in [3.8, 4) is 5.88 Å². The van der Waals surface area contributed by atoms with Gasteiger partial charge >= 0.3 is 0 Å². The van der Waals surface area contributed by atoms with Gasteiger partial charge in [-0.15, -0.1) is 0 Å². The highest BCUT2D eigenvalue weighted by Gasteiger charge is 2.29. The van der Waals surface area contributed by atoms with Crippen LogP contribution in [-0.2, 0) is 4.79 Å². The molecule has 3 N–H and O–H groups in total. The van der Waals surface area contributed by atoms with Crippen molar-refractivity contribution in [1.82, 2.24) is 9.97 Å². The van der Waals surface area contributed by atoms with Gasteiger partial charge in [-0.05, 0) is 19.3 Å². The molecule has 1 atom stereocenters. The molecule has 0 unspecified atom stereocenters. The first kappa shape index (κ1) is 16.1. The van der Waals surface area contributed by atoms with Crippen LogP contribution >= 0.6 is 0 Å². The minimum atomic E-state index is -0.520. The smallest absolute Gasteiger partial charge is 0.214 e. The average Bonchev–Trinajstić information content (AvgIpc) is 2.52. The summed E-state index contributed by atoms with van der Waals surface area (Å²) in [6.07, 6.45) is 5.40. The molecule has 0 bridgehead atoms. The number of aromatic nitrogens is 2. The Kier molecular flexibility index (Phi) is 5.25. The zero-order valence-corrected chi connectivity index (χ0v) is 12.7. The number of ketones is 1. The van der Waals surface area contributed by atoms with Crippen LogP contribution in [0.5, 0.6) is 5.88 Å². The number of aliphatic hydroxyl groups is 1. The molecule has 1 saturated carbocycles. The van der Waals surface area contributed by atoms with E-state index in [1.54, 1.807) is 0 Å². The fraction of sp³-hybridized carbons (Fsp3) is 0.500. The highest BCUT2D eigenvalue weighted by Crippen LogP contribution is 2.29. The van der Waals surface area contributed by atoms with E-state index >= 15 is 0 Å². The highest BCUT2D eigenvalue weighted by molar-refractivity contribution is 6.08. The molecule has 118 valence electrons.